The molecule has 0 aliphatic heterocycles. The van der Waals surface area contributed by atoms with E-state index in [2.05, 4.69) is 70.5 Å². The van der Waals surface area contributed by atoms with Crippen molar-refractivity contribution in [3.8, 4) is 0 Å². The summed E-state index contributed by atoms with van der Waals surface area (Å²) in [5.74, 6) is 0.786. The van der Waals surface area contributed by atoms with Gasteiger partial charge in [-0.3, -0.25) is 0 Å². The van der Waals surface area contributed by atoms with Crippen molar-refractivity contribution in [3.63, 3.8) is 0 Å². The number of fused-ring (bicyclic) bond motifs is 1. The Morgan fingerprint density at radius 3 is 2.55 bits per heavy atom. The van der Waals surface area contributed by atoms with Crippen LogP contribution >= 0.6 is 15.9 Å². The molecule has 0 N–H and O–H groups in total. The first kappa shape index (κ1) is 13.9. The summed E-state index contributed by atoms with van der Waals surface area (Å²) in [7, 11) is 0. The molecule has 2 aromatic rings. The van der Waals surface area contributed by atoms with Gasteiger partial charge in [0.1, 0.15) is 0 Å². The number of hydrogen-bond acceptors (Lipinski definition) is 0. The van der Waals surface area contributed by atoms with Crippen LogP contribution in [0.1, 0.15) is 40.8 Å². The maximum atomic E-state index is 3.94. The lowest BCUT2D eigenvalue weighted by molar-refractivity contribution is 0.412. The average molecular weight is 329 g/mol. The molecule has 0 aromatic heterocycles. The van der Waals surface area contributed by atoms with Gasteiger partial charge in [0.25, 0.3) is 0 Å². The van der Waals surface area contributed by atoms with Crippen LogP contribution in [-0.4, -0.2) is 0 Å². The molecule has 0 nitrogen and oxygen atoms in total. The maximum absolute atomic E-state index is 3.94. The van der Waals surface area contributed by atoms with E-state index in [4.69, 9.17) is 0 Å². The fourth-order valence-electron chi connectivity index (χ4n) is 3.28. The van der Waals surface area contributed by atoms with Crippen LogP contribution in [0.15, 0.2) is 54.6 Å². The maximum Gasteiger partial charge on any atom is 0.0426 e. The molecule has 1 aliphatic carbocycles. The van der Waals surface area contributed by atoms with Crippen LogP contribution in [0.4, 0.5) is 0 Å². The summed E-state index contributed by atoms with van der Waals surface area (Å²) in [6.07, 6.45) is 6.38. The molecule has 2 unspecified atom stereocenters. The van der Waals surface area contributed by atoms with Gasteiger partial charge in [0.15, 0.2) is 0 Å². The standard InChI is InChI=1S/C19H21Br/c20-19-17(11-6-9-15-7-2-1-3-8-15)14-13-16-10-4-5-12-18(16)19/h1-5,7-8,10,12,17,19H,6,9,11,13-14H2. The average Bonchev–Trinajstić information content (AvgIpc) is 2.51. The molecule has 0 bridgehead atoms. The lowest BCUT2D eigenvalue weighted by Crippen LogP contribution is -2.16. The van der Waals surface area contributed by atoms with Gasteiger partial charge in [-0.2, -0.15) is 0 Å². The smallest absolute Gasteiger partial charge is 0.0426 e. The Bertz CT molecular complexity index is 547. The first-order valence-electron chi connectivity index (χ1n) is 7.60. The van der Waals surface area contributed by atoms with Crippen molar-refractivity contribution < 1.29 is 0 Å². The summed E-state index contributed by atoms with van der Waals surface area (Å²) in [6.45, 7) is 0. The highest BCUT2D eigenvalue weighted by Gasteiger charge is 2.26. The van der Waals surface area contributed by atoms with Crippen LogP contribution in [-0.2, 0) is 12.8 Å². The van der Waals surface area contributed by atoms with Crippen LogP contribution in [0, 0.1) is 5.92 Å². The van der Waals surface area contributed by atoms with Crippen molar-refractivity contribution in [2.24, 2.45) is 5.92 Å². The molecular weight excluding hydrogens is 308 g/mol. The molecule has 0 radical (unpaired) electrons. The molecule has 0 amide bonds. The van der Waals surface area contributed by atoms with Gasteiger partial charge in [-0.25, -0.2) is 0 Å². The first-order valence-corrected chi connectivity index (χ1v) is 8.52. The van der Waals surface area contributed by atoms with E-state index in [9.17, 15) is 0 Å². The number of aryl methyl sites for hydroxylation is 2. The highest BCUT2D eigenvalue weighted by atomic mass is 79.9. The molecule has 104 valence electrons. The number of halogens is 1. The zero-order valence-corrected chi connectivity index (χ0v) is 13.4. The monoisotopic (exact) mass is 328 g/mol. The normalized spacial score (nSPS) is 21.4. The van der Waals surface area contributed by atoms with Crippen LogP contribution in [0.2, 0.25) is 0 Å². The molecular formula is C19H21Br. The van der Waals surface area contributed by atoms with Crippen molar-refractivity contribution >= 4 is 15.9 Å². The molecule has 2 atom stereocenters. The molecule has 2 aromatic carbocycles. The Labute approximate surface area is 130 Å². The Morgan fingerprint density at radius 2 is 1.70 bits per heavy atom. The molecule has 0 heterocycles. The molecule has 20 heavy (non-hydrogen) atoms. The van der Waals surface area contributed by atoms with Gasteiger partial charge < -0.3 is 0 Å². The number of alkyl halides is 1. The third kappa shape index (κ3) is 3.15. The number of rotatable bonds is 4. The lowest BCUT2D eigenvalue weighted by Gasteiger charge is -2.30. The Kier molecular flexibility index (Phi) is 4.57. The van der Waals surface area contributed by atoms with E-state index in [1.54, 1.807) is 0 Å². The predicted octanol–water partition coefficient (Wildman–Crippen LogP) is 5.71. The Hall–Kier alpha value is -1.08. The highest BCUT2D eigenvalue weighted by Crippen LogP contribution is 2.42. The van der Waals surface area contributed by atoms with Crippen LogP contribution < -0.4 is 0 Å². The van der Waals surface area contributed by atoms with Crippen LogP contribution in [0.5, 0.6) is 0 Å². The van der Waals surface area contributed by atoms with Gasteiger partial charge >= 0.3 is 0 Å². The van der Waals surface area contributed by atoms with Crippen molar-refractivity contribution in [3.05, 3.63) is 71.3 Å². The summed E-state index contributed by atoms with van der Waals surface area (Å²) >= 11 is 3.94. The summed E-state index contributed by atoms with van der Waals surface area (Å²) in [6, 6.07) is 19.7. The van der Waals surface area contributed by atoms with E-state index in [0.717, 1.165) is 5.92 Å². The Balaban J connectivity index is 1.57. The van der Waals surface area contributed by atoms with Gasteiger partial charge in [-0.05, 0) is 54.7 Å². The third-order valence-corrected chi connectivity index (χ3v) is 5.67. The van der Waals surface area contributed by atoms with Crippen LogP contribution in [0.3, 0.4) is 0 Å². The van der Waals surface area contributed by atoms with Gasteiger partial charge in [-0.15, -0.1) is 0 Å². The largest absolute Gasteiger partial charge is 0.0836 e. The summed E-state index contributed by atoms with van der Waals surface area (Å²) in [5, 5.41) is 0. The minimum absolute atomic E-state index is 0.545. The first-order chi connectivity index (χ1) is 9.84. The molecule has 3 rings (SSSR count). The van der Waals surface area contributed by atoms with Gasteiger partial charge in [0.2, 0.25) is 0 Å². The summed E-state index contributed by atoms with van der Waals surface area (Å²) in [4.78, 5) is 0.545. The fraction of sp³-hybridized carbons (Fsp3) is 0.368. The minimum atomic E-state index is 0.545. The summed E-state index contributed by atoms with van der Waals surface area (Å²) in [5.41, 5.74) is 4.52. The van der Waals surface area contributed by atoms with E-state index in [-0.39, 0.29) is 0 Å². The lowest BCUT2D eigenvalue weighted by atomic mass is 9.81. The van der Waals surface area contributed by atoms with E-state index in [0.29, 0.717) is 4.83 Å². The van der Waals surface area contributed by atoms with E-state index >= 15 is 0 Å². The second-order valence-corrected chi connectivity index (χ2v) is 6.76. The molecule has 0 fully saturated rings. The van der Waals surface area contributed by atoms with E-state index in [1.807, 2.05) is 0 Å². The predicted molar refractivity (Wildman–Crippen MR) is 89.3 cm³/mol. The second-order valence-electron chi connectivity index (χ2n) is 5.78. The number of benzene rings is 2. The Morgan fingerprint density at radius 1 is 0.950 bits per heavy atom. The van der Waals surface area contributed by atoms with Crippen molar-refractivity contribution in [2.75, 3.05) is 0 Å². The molecule has 0 saturated carbocycles. The SMILES string of the molecule is BrC1c2ccccc2CCC1CCCc1ccccc1. The van der Waals surface area contributed by atoms with Crippen molar-refractivity contribution in [1.82, 2.24) is 0 Å². The zero-order chi connectivity index (χ0) is 13.8. The molecule has 0 saturated heterocycles. The second kappa shape index (κ2) is 6.58. The minimum Gasteiger partial charge on any atom is -0.0836 e. The number of hydrogen-bond donors (Lipinski definition) is 0. The van der Waals surface area contributed by atoms with Gasteiger partial charge in [0.05, 0.1) is 0 Å². The molecule has 1 aliphatic rings. The van der Waals surface area contributed by atoms with Crippen molar-refractivity contribution in [1.29, 1.82) is 0 Å². The van der Waals surface area contributed by atoms with E-state index < -0.39 is 0 Å². The van der Waals surface area contributed by atoms with Crippen LogP contribution in [0.25, 0.3) is 0 Å². The molecule has 0 spiro atoms. The molecule has 1 heteroatoms. The fourth-order valence-corrected chi connectivity index (χ4v) is 4.25. The van der Waals surface area contributed by atoms with Gasteiger partial charge in [0, 0.05) is 4.83 Å². The quantitative estimate of drug-likeness (QED) is 0.631. The van der Waals surface area contributed by atoms with E-state index in [1.165, 1.54) is 48.8 Å². The van der Waals surface area contributed by atoms with Crippen molar-refractivity contribution in [2.45, 2.75) is 36.9 Å². The van der Waals surface area contributed by atoms with Gasteiger partial charge in [-0.1, -0.05) is 70.5 Å². The highest BCUT2D eigenvalue weighted by molar-refractivity contribution is 9.09. The summed E-state index contributed by atoms with van der Waals surface area (Å²) < 4.78 is 0. The zero-order valence-electron chi connectivity index (χ0n) is 11.8. The topological polar surface area (TPSA) is 0 Å². The third-order valence-electron chi connectivity index (χ3n) is 4.43.